The Balaban J connectivity index is 1.54. The molecule has 0 spiro atoms. The molecule has 3 nitrogen and oxygen atoms in total. The average molecular weight is 267 g/mol. The van der Waals surface area contributed by atoms with Gasteiger partial charge in [-0.1, -0.05) is 0 Å². The minimum absolute atomic E-state index is 0.674. The van der Waals surface area contributed by atoms with Gasteiger partial charge in [0.15, 0.2) is 0 Å². The van der Waals surface area contributed by atoms with Gasteiger partial charge in [-0.25, -0.2) is 0 Å². The van der Waals surface area contributed by atoms with Crippen molar-refractivity contribution in [3.05, 3.63) is 0 Å². The maximum atomic E-state index is 3.33. The topological polar surface area (TPSA) is 18.5 Å². The quantitative estimate of drug-likeness (QED) is 0.763. The second-order valence-corrected chi connectivity index (χ2v) is 6.62. The summed E-state index contributed by atoms with van der Waals surface area (Å²) < 4.78 is 0. The van der Waals surface area contributed by atoms with Crippen LogP contribution in [0.4, 0.5) is 0 Å². The predicted octanol–water partition coefficient (Wildman–Crippen LogP) is 2.18. The second kappa shape index (κ2) is 8.23. The molecule has 1 unspecified atom stereocenters. The zero-order chi connectivity index (χ0) is 13.5. The van der Waals surface area contributed by atoms with Crippen molar-refractivity contribution in [2.75, 3.05) is 46.3 Å². The lowest BCUT2D eigenvalue weighted by atomic mass is 9.96. The van der Waals surface area contributed by atoms with Crippen LogP contribution >= 0.6 is 0 Å². The maximum Gasteiger partial charge on any atom is 0.00362 e. The molecule has 2 aliphatic rings. The SMILES string of the molecule is CNC(C)CCCN1CCC(CN2CCCC2)CC1. The van der Waals surface area contributed by atoms with Crippen LogP contribution in [0.1, 0.15) is 45.4 Å². The summed E-state index contributed by atoms with van der Waals surface area (Å²) in [5.41, 5.74) is 0. The van der Waals surface area contributed by atoms with E-state index in [9.17, 15) is 0 Å². The number of piperidine rings is 1. The fraction of sp³-hybridized carbons (Fsp3) is 1.00. The van der Waals surface area contributed by atoms with Crippen LogP contribution < -0.4 is 5.32 Å². The van der Waals surface area contributed by atoms with Crippen molar-refractivity contribution in [1.82, 2.24) is 15.1 Å². The summed E-state index contributed by atoms with van der Waals surface area (Å²) in [6.07, 6.45) is 8.38. The summed E-state index contributed by atoms with van der Waals surface area (Å²) in [5.74, 6) is 0.977. The van der Waals surface area contributed by atoms with Crippen molar-refractivity contribution in [3.8, 4) is 0 Å². The van der Waals surface area contributed by atoms with E-state index in [0.717, 1.165) is 5.92 Å². The molecule has 1 N–H and O–H groups in total. The molecule has 0 aliphatic carbocycles. The molecule has 1 atom stereocenters. The molecule has 2 aliphatic heterocycles. The van der Waals surface area contributed by atoms with Gasteiger partial charge in [-0.3, -0.25) is 0 Å². The van der Waals surface area contributed by atoms with Gasteiger partial charge in [0.2, 0.25) is 0 Å². The molecule has 0 saturated carbocycles. The Bertz CT molecular complexity index is 230. The van der Waals surface area contributed by atoms with Crippen molar-refractivity contribution >= 4 is 0 Å². The van der Waals surface area contributed by atoms with Crippen molar-refractivity contribution in [2.24, 2.45) is 5.92 Å². The van der Waals surface area contributed by atoms with Gasteiger partial charge in [0.25, 0.3) is 0 Å². The first-order chi connectivity index (χ1) is 9.28. The monoisotopic (exact) mass is 267 g/mol. The zero-order valence-corrected chi connectivity index (χ0v) is 13.0. The van der Waals surface area contributed by atoms with Crippen molar-refractivity contribution in [1.29, 1.82) is 0 Å². The molecule has 19 heavy (non-hydrogen) atoms. The first kappa shape index (κ1) is 15.3. The lowest BCUT2D eigenvalue weighted by Crippen LogP contribution is -2.38. The van der Waals surface area contributed by atoms with Gasteiger partial charge in [0.1, 0.15) is 0 Å². The Hall–Kier alpha value is -0.120. The number of likely N-dealkylation sites (tertiary alicyclic amines) is 2. The first-order valence-corrected chi connectivity index (χ1v) is 8.40. The van der Waals surface area contributed by atoms with Crippen molar-refractivity contribution in [3.63, 3.8) is 0 Å². The molecule has 2 rings (SSSR count). The summed E-state index contributed by atoms with van der Waals surface area (Å²) in [5, 5.41) is 3.33. The van der Waals surface area contributed by atoms with Crippen LogP contribution in [0.15, 0.2) is 0 Å². The normalized spacial score (nSPS) is 24.9. The van der Waals surface area contributed by atoms with Crippen LogP contribution in [-0.2, 0) is 0 Å². The fourth-order valence-corrected chi connectivity index (χ4v) is 3.49. The Kier molecular flexibility index (Phi) is 6.62. The highest BCUT2D eigenvalue weighted by molar-refractivity contribution is 4.77. The Morgan fingerprint density at radius 2 is 1.74 bits per heavy atom. The molecule has 3 heteroatoms. The van der Waals surface area contributed by atoms with Gasteiger partial charge in [-0.2, -0.15) is 0 Å². The largest absolute Gasteiger partial charge is 0.317 e. The van der Waals surface area contributed by atoms with Crippen LogP contribution in [-0.4, -0.2) is 62.2 Å². The van der Waals surface area contributed by atoms with E-state index in [4.69, 9.17) is 0 Å². The van der Waals surface area contributed by atoms with E-state index in [1.54, 1.807) is 0 Å². The van der Waals surface area contributed by atoms with E-state index >= 15 is 0 Å². The highest BCUT2D eigenvalue weighted by atomic mass is 15.2. The molecule has 0 amide bonds. The molecule has 0 radical (unpaired) electrons. The summed E-state index contributed by atoms with van der Waals surface area (Å²) in [6, 6.07) is 0.674. The minimum Gasteiger partial charge on any atom is -0.317 e. The standard InChI is InChI=1S/C16H33N3/c1-15(17-2)6-5-11-18-12-7-16(8-13-18)14-19-9-3-4-10-19/h15-17H,3-14H2,1-2H3. The van der Waals surface area contributed by atoms with Gasteiger partial charge >= 0.3 is 0 Å². The molecule has 2 fully saturated rings. The molecule has 0 aromatic rings. The summed E-state index contributed by atoms with van der Waals surface area (Å²) in [4.78, 5) is 5.37. The molecule has 2 saturated heterocycles. The highest BCUT2D eigenvalue weighted by Gasteiger charge is 2.22. The third-order valence-corrected chi connectivity index (χ3v) is 5.03. The maximum absolute atomic E-state index is 3.33. The molecule has 0 aromatic carbocycles. The number of hydrogen-bond acceptors (Lipinski definition) is 3. The van der Waals surface area contributed by atoms with Gasteiger partial charge in [-0.05, 0) is 91.1 Å². The van der Waals surface area contributed by atoms with E-state index < -0.39 is 0 Å². The van der Waals surface area contributed by atoms with Crippen molar-refractivity contribution in [2.45, 2.75) is 51.5 Å². The van der Waals surface area contributed by atoms with Crippen LogP contribution in [0.5, 0.6) is 0 Å². The van der Waals surface area contributed by atoms with E-state index in [1.807, 2.05) is 0 Å². The average Bonchev–Trinajstić information content (AvgIpc) is 2.93. The first-order valence-electron chi connectivity index (χ1n) is 8.40. The lowest BCUT2D eigenvalue weighted by molar-refractivity contribution is 0.151. The minimum atomic E-state index is 0.674. The second-order valence-electron chi connectivity index (χ2n) is 6.62. The third-order valence-electron chi connectivity index (χ3n) is 5.03. The van der Waals surface area contributed by atoms with Crippen LogP contribution in [0.3, 0.4) is 0 Å². The Morgan fingerprint density at radius 1 is 1.05 bits per heavy atom. The fourth-order valence-electron chi connectivity index (χ4n) is 3.49. The molecular weight excluding hydrogens is 234 g/mol. The Labute approximate surface area is 119 Å². The van der Waals surface area contributed by atoms with Gasteiger partial charge < -0.3 is 15.1 Å². The van der Waals surface area contributed by atoms with E-state index in [2.05, 4.69) is 29.1 Å². The smallest absolute Gasteiger partial charge is 0.00362 e. The van der Waals surface area contributed by atoms with Crippen LogP contribution in [0.25, 0.3) is 0 Å². The Morgan fingerprint density at radius 3 is 2.37 bits per heavy atom. The zero-order valence-electron chi connectivity index (χ0n) is 13.0. The van der Waals surface area contributed by atoms with Crippen LogP contribution in [0.2, 0.25) is 0 Å². The molecular formula is C16H33N3. The number of hydrogen-bond donors (Lipinski definition) is 1. The molecule has 0 bridgehead atoms. The third kappa shape index (κ3) is 5.41. The number of rotatable bonds is 7. The van der Waals surface area contributed by atoms with Crippen LogP contribution in [0, 0.1) is 5.92 Å². The highest BCUT2D eigenvalue weighted by Crippen LogP contribution is 2.20. The van der Waals surface area contributed by atoms with Gasteiger partial charge in [-0.15, -0.1) is 0 Å². The predicted molar refractivity (Wildman–Crippen MR) is 82.6 cm³/mol. The van der Waals surface area contributed by atoms with E-state index in [-0.39, 0.29) is 0 Å². The van der Waals surface area contributed by atoms with E-state index in [0.29, 0.717) is 6.04 Å². The summed E-state index contributed by atoms with van der Waals surface area (Å²) >= 11 is 0. The summed E-state index contributed by atoms with van der Waals surface area (Å²) in [6.45, 7) is 10.4. The summed E-state index contributed by atoms with van der Waals surface area (Å²) in [7, 11) is 2.06. The van der Waals surface area contributed by atoms with Gasteiger partial charge in [0.05, 0.1) is 0 Å². The molecule has 0 aromatic heterocycles. The number of nitrogens with zero attached hydrogens (tertiary/aromatic N) is 2. The lowest BCUT2D eigenvalue weighted by Gasteiger charge is -2.34. The molecule has 2 heterocycles. The van der Waals surface area contributed by atoms with Gasteiger partial charge in [0, 0.05) is 12.6 Å². The van der Waals surface area contributed by atoms with Crippen molar-refractivity contribution < 1.29 is 0 Å². The molecule has 112 valence electrons. The number of nitrogens with one attached hydrogen (secondary N) is 1. The van der Waals surface area contributed by atoms with E-state index in [1.165, 1.54) is 77.8 Å².